The molecule has 1 rings (SSSR count). The lowest BCUT2D eigenvalue weighted by atomic mass is 10.2. The summed E-state index contributed by atoms with van der Waals surface area (Å²) in [5.74, 6) is 0. The molecule has 0 aliphatic rings. The van der Waals surface area contributed by atoms with Crippen LogP contribution < -0.4 is 5.32 Å². The highest BCUT2D eigenvalue weighted by Gasteiger charge is 2.28. The van der Waals surface area contributed by atoms with Crippen LogP contribution in [0.5, 0.6) is 0 Å². The van der Waals surface area contributed by atoms with Crippen molar-refractivity contribution in [3.8, 4) is 0 Å². The molecule has 18 heavy (non-hydrogen) atoms. The molecule has 0 saturated heterocycles. The second-order valence-electron chi connectivity index (χ2n) is 4.23. The van der Waals surface area contributed by atoms with Crippen LogP contribution in [0.3, 0.4) is 0 Å². The number of thiophene rings is 1. The highest BCUT2D eigenvalue weighted by Crippen LogP contribution is 2.26. The van der Waals surface area contributed by atoms with Crippen molar-refractivity contribution in [2.45, 2.75) is 44.2 Å². The number of nitrogens with one attached hydrogen (secondary N) is 1. The van der Waals surface area contributed by atoms with Crippen molar-refractivity contribution in [1.82, 2.24) is 9.62 Å². The molecule has 104 valence electrons. The second-order valence-corrected chi connectivity index (χ2v) is 7.20. The molecule has 1 aromatic heterocycles. The van der Waals surface area contributed by atoms with Gasteiger partial charge in [-0.2, -0.15) is 4.31 Å². The molecular weight excluding hydrogens is 268 g/mol. The maximum atomic E-state index is 12.6. The largest absolute Gasteiger partial charge is 0.315 e. The van der Waals surface area contributed by atoms with Gasteiger partial charge in [0.25, 0.3) is 0 Å². The Morgan fingerprint density at radius 1 is 1.39 bits per heavy atom. The Balaban J connectivity index is 3.08. The van der Waals surface area contributed by atoms with E-state index < -0.39 is 10.0 Å². The summed E-state index contributed by atoms with van der Waals surface area (Å²) in [5.41, 5.74) is 0. The zero-order valence-electron chi connectivity index (χ0n) is 11.4. The Kier molecular flexibility index (Phi) is 5.78. The molecule has 0 unspecified atom stereocenters. The molecule has 6 heteroatoms. The van der Waals surface area contributed by atoms with Crippen LogP contribution in [0.15, 0.2) is 16.3 Å². The summed E-state index contributed by atoms with van der Waals surface area (Å²) in [4.78, 5) is 1.31. The first-order valence-corrected chi connectivity index (χ1v) is 8.49. The van der Waals surface area contributed by atoms with Crippen LogP contribution in [0.25, 0.3) is 0 Å². The minimum Gasteiger partial charge on any atom is -0.315 e. The van der Waals surface area contributed by atoms with Crippen molar-refractivity contribution in [2.24, 2.45) is 0 Å². The number of hydrogen-bond donors (Lipinski definition) is 1. The smallest absolute Gasteiger partial charge is 0.244 e. The van der Waals surface area contributed by atoms with Crippen LogP contribution in [0.2, 0.25) is 0 Å². The first kappa shape index (κ1) is 15.6. The lowest BCUT2D eigenvalue weighted by Crippen LogP contribution is -2.36. The molecule has 0 atom stereocenters. The van der Waals surface area contributed by atoms with Gasteiger partial charge in [0.2, 0.25) is 10.0 Å². The van der Waals surface area contributed by atoms with Gasteiger partial charge in [0.1, 0.15) is 0 Å². The summed E-state index contributed by atoms with van der Waals surface area (Å²) in [5, 5.41) is 4.84. The summed E-state index contributed by atoms with van der Waals surface area (Å²) in [6.45, 7) is 4.62. The third kappa shape index (κ3) is 3.12. The lowest BCUT2D eigenvalue weighted by Gasteiger charge is -2.25. The van der Waals surface area contributed by atoms with E-state index in [2.05, 4.69) is 5.32 Å². The van der Waals surface area contributed by atoms with E-state index in [1.807, 2.05) is 26.3 Å². The van der Waals surface area contributed by atoms with E-state index in [9.17, 15) is 8.42 Å². The zero-order valence-corrected chi connectivity index (χ0v) is 13.1. The Labute approximate surface area is 114 Å². The van der Waals surface area contributed by atoms with E-state index in [0.717, 1.165) is 17.7 Å². The quantitative estimate of drug-likeness (QED) is 0.838. The van der Waals surface area contributed by atoms with Crippen LogP contribution in [0.4, 0.5) is 0 Å². The predicted octanol–water partition coefficient (Wildman–Crippen LogP) is 2.28. The number of sulfonamides is 1. The standard InChI is InChI=1S/C12H22N2O2S2/c1-5-10(6-2)14(4)18(15,16)12-7-8-17-11(12)9-13-3/h7-8,10,13H,5-6,9H2,1-4H3. The number of hydrogen-bond acceptors (Lipinski definition) is 4. The molecule has 4 nitrogen and oxygen atoms in total. The van der Waals surface area contributed by atoms with E-state index in [1.165, 1.54) is 15.6 Å². The van der Waals surface area contributed by atoms with Gasteiger partial charge in [-0.3, -0.25) is 0 Å². The average molecular weight is 290 g/mol. The summed E-state index contributed by atoms with van der Waals surface area (Å²) >= 11 is 1.48. The van der Waals surface area contributed by atoms with Crippen LogP contribution >= 0.6 is 11.3 Å². The molecular formula is C12H22N2O2S2. The summed E-state index contributed by atoms with van der Waals surface area (Å²) < 4.78 is 26.6. The van der Waals surface area contributed by atoms with Crippen molar-refractivity contribution in [1.29, 1.82) is 0 Å². The molecule has 0 radical (unpaired) electrons. The molecule has 1 aromatic rings. The van der Waals surface area contributed by atoms with Crippen molar-refractivity contribution in [3.63, 3.8) is 0 Å². The average Bonchev–Trinajstić information content (AvgIpc) is 2.80. The van der Waals surface area contributed by atoms with Crippen molar-refractivity contribution < 1.29 is 8.42 Å². The van der Waals surface area contributed by atoms with Gasteiger partial charge in [-0.25, -0.2) is 8.42 Å². The maximum absolute atomic E-state index is 12.6. The van der Waals surface area contributed by atoms with E-state index in [0.29, 0.717) is 11.4 Å². The minimum atomic E-state index is -3.37. The normalized spacial score (nSPS) is 12.6. The summed E-state index contributed by atoms with van der Waals surface area (Å²) in [6, 6.07) is 1.77. The van der Waals surface area contributed by atoms with Crippen molar-refractivity contribution in [3.05, 3.63) is 16.3 Å². The predicted molar refractivity (Wildman–Crippen MR) is 76.4 cm³/mol. The van der Waals surface area contributed by atoms with Crippen molar-refractivity contribution >= 4 is 21.4 Å². The lowest BCUT2D eigenvalue weighted by molar-refractivity contribution is 0.349. The van der Waals surface area contributed by atoms with E-state index in [-0.39, 0.29) is 6.04 Å². The third-order valence-corrected chi connectivity index (χ3v) is 6.20. The van der Waals surface area contributed by atoms with Gasteiger partial charge in [0.15, 0.2) is 0 Å². The van der Waals surface area contributed by atoms with Gasteiger partial charge in [-0.15, -0.1) is 11.3 Å². The van der Waals surface area contributed by atoms with E-state index in [1.54, 1.807) is 13.1 Å². The Morgan fingerprint density at radius 3 is 2.50 bits per heavy atom. The Bertz CT molecular complexity index is 464. The highest BCUT2D eigenvalue weighted by molar-refractivity contribution is 7.89. The molecule has 0 spiro atoms. The third-order valence-electron chi connectivity index (χ3n) is 3.16. The van der Waals surface area contributed by atoms with Gasteiger partial charge in [0, 0.05) is 24.5 Å². The number of nitrogens with zero attached hydrogens (tertiary/aromatic N) is 1. The molecule has 0 amide bonds. The Morgan fingerprint density at radius 2 is 2.00 bits per heavy atom. The fraction of sp³-hybridized carbons (Fsp3) is 0.667. The van der Waals surface area contributed by atoms with Gasteiger partial charge < -0.3 is 5.32 Å². The topological polar surface area (TPSA) is 49.4 Å². The Hall–Kier alpha value is -0.430. The second kappa shape index (κ2) is 6.65. The monoisotopic (exact) mass is 290 g/mol. The SMILES string of the molecule is CCC(CC)N(C)S(=O)(=O)c1ccsc1CNC. The van der Waals surface area contributed by atoms with E-state index in [4.69, 9.17) is 0 Å². The summed E-state index contributed by atoms with van der Waals surface area (Å²) in [6.07, 6.45) is 1.66. The molecule has 1 heterocycles. The number of rotatable bonds is 7. The minimum absolute atomic E-state index is 0.0670. The van der Waals surface area contributed by atoms with Gasteiger partial charge in [0.05, 0.1) is 4.90 Å². The first-order chi connectivity index (χ1) is 8.48. The molecule has 0 bridgehead atoms. The van der Waals surface area contributed by atoms with Gasteiger partial charge in [-0.1, -0.05) is 13.8 Å². The van der Waals surface area contributed by atoms with Crippen LogP contribution in [0.1, 0.15) is 31.6 Å². The van der Waals surface area contributed by atoms with Gasteiger partial charge in [-0.05, 0) is 31.3 Å². The molecule has 0 aromatic carbocycles. The van der Waals surface area contributed by atoms with E-state index >= 15 is 0 Å². The van der Waals surface area contributed by atoms with Crippen LogP contribution in [-0.2, 0) is 16.6 Å². The van der Waals surface area contributed by atoms with Crippen LogP contribution in [-0.4, -0.2) is 32.9 Å². The molecule has 0 aliphatic carbocycles. The van der Waals surface area contributed by atoms with Crippen molar-refractivity contribution in [2.75, 3.05) is 14.1 Å². The zero-order chi connectivity index (χ0) is 13.8. The van der Waals surface area contributed by atoms with Crippen LogP contribution in [0, 0.1) is 0 Å². The molecule has 0 saturated carbocycles. The molecule has 0 fully saturated rings. The molecule has 0 aliphatic heterocycles. The highest BCUT2D eigenvalue weighted by atomic mass is 32.2. The fourth-order valence-electron chi connectivity index (χ4n) is 2.00. The fourth-order valence-corrected chi connectivity index (χ4v) is 4.93. The van der Waals surface area contributed by atoms with Gasteiger partial charge >= 0.3 is 0 Å². The maximum Gasteiger partial charge on any atom is 0.244 e. The first-order valence-electron chi connectivity index (χ1n) is 6.18. The molecule has 1 N–H and O–H groups in total. The summed E-state index contributed by atoms with van der Waals surface area (Å²) in [7, 11) is 0.126.